The lowest BCUT2D eigenvalue weighted by Gasteiger charge is -2.24. The van der Waals surface area contributed by atoms with Crippen molar-refractivity contribution in [1.82, 2.24) is 15.5 Å². The minimum Gasteiger partial charge on any atom is -0.334 e. The van der Waals surface area contributed by atoms with Gasteiger partial charge in [-0.25, -0.2) is 4.79 Å². The van der Waals surface area contributed by atoms with E-state index in [-0.39, 0.29) is 18.5 Å². The van der Waals surface area contributed by atoms with Gasteiger partial charge in [0, 0.05) is 12.6 Å². The van der Waals surface area contributed by atoms with Gasteiger partial charge in [0.15, 0.2) is 0 Å². The molecule has 0 radical (unpaired) electrons. The fourth-order valence-corrected chi connectivity index (χ4v) is 2.70. The number of imide groups is 1. The number of hydrogen-bond donors (Lipinski definition) is 2. The van der Waals surface area contributed by atoms with Crippen LogP contribution in [0, 0.1) is 0 Å². The van der Waals surface area contributed by atoms with Gasteiger partial charge in [-0.1, -0.05) is 30.3 Å². The number of aryl methyl sites for hydroxylation is 1. The van der Waals surface area contributed by atoms with Crippen molar-refractivity contribution in [3.63, 3.8) is 0 Å². The lowest BCUT2D eigenvalue weighted by molar-refractivity contribution is -0.121. The first-order chi connectivity index (χ1) is 10.1. The van der Waals surface area contributed by atoms with Crippen LogP contribution in [0.3, 0.4) is 0 Å². The Bertz CT molecular complexity index is 542. The van der Waals surface area contributed by atoms with Crippen molar-refractivity contribution in [3.8, 4) is 0 Å². The molecule has 5 heteroatoms. The van der Waals surface area contributed by atoms with E-state index >= 15 is 0 Å². The van der Waals surface area contributed by atoms with E-state index in [1.165, 1.54) is 11.1 Å². The van der Waals surface area contributed by atoms with Gasteiger partial charge in [-0.05, 0) is 31.0 Å². The van der Waals surface area contributed by atoms with Crippen molar-refractivity contribution in [2.24, 2.45) is 0 Å². The molecular weight excluding hydrogens is 266 g/mol. The first-order valence-corrected chi connectivity index (χ1v) is 7.08. The van der Waals surface area contributed by atoms with Crippen LogP contribution >= 0.6 is 0 Å². The number of nitrogens with one attached hydrogen (secondary N) is 2. The van der Waals surface area contributed by atoms with Gasteiger partial charge in [0.2, 0.25) is 5.91 Å². The van der Waals surface area contributed by atoms with E-state index < -0.39 is 6.03 Å². The molecule has 0 fully saturated rings. The standard InChI is InChI=1S/C16H21N3O2/c1-3-10-17-16(21)18-15(20)11-19(2)14-9-8-12-6-4-5-7-13(12)14/h3-7,14H,1,8-11H2,2H3,(H2,17,18,20,21). The molecule has 1 unspecified atom stereocenters. The molecule has 112 valence electrons. The quantitative estimate of drug-likeness (QED) is 0.809. The van der Waals surface area contributed by atoms with Crippen molar-refractivity contribution in [3.05, 3.63) is 48.0 Å². The van der Waals surface area contributed by atoms with E-state index in [0.29, 0.717) is 6.54 Å². The van der Waals surface area contributed by atoms with Gasteiger partial charge in [0.1, 0.15) is 0 Å². The fraction of sp³-hybridized carbons (Fsp3) is 0.375. The highest BCUT2D eigenvalue weighted by Gasteiger charge is 2.26. The van der Waals surface area contributed by atoms with Crippen LogP contribution in [0.25, 0.3) is 0 Å². The predicted octanol–water partition coefficient (Wildman–Crippen LogP) is 1.62. The zero-order valence-electron chi connectivity index (χ0n) is 12.3. The number of fused-ring (bicyclic) bond motifs is 1. The molecule has 21 heavy (non-hydrogen) atoms. The molecule has 1 aliphatic carbocycles. The number of benzene rings is 1. The zero-order valence-corrected chi connectivity index (χ0v) is 12.3. The summed E-state index contributed by atoms with van der Waals surface area (Å²) in [4.78, 5) is 25.2. The zero-order chi connectivity index (χ0) is 15.2. The Labute approximate surface area is 125 Å². The molecule has 1 aromatic rings. The Morgan fingerprint density at radius 3 is 2.95 bits per heavy atom. The number of rotatable bonds is 5. The van der Waals surface area contributed by atoms with Crippen LogP contribution in [0.5, 0.6) is 0 Å². The normalized spacial score (nSPS) is 16.4. The van der Waals surface area contributed by atoms with Crippen molar-refractivity contribution in [2.75, 3.05) is 20.1 Å². The van der Waals surface area contributed by atoms with Crippen LogP contribution in [-0.4, -0.2) is 37.0 Å². The monoisotopic (exact) mass is 287 g/mol. The number of hydrogen-bond acceptors (Lipinski definition) is 3. The molecular formula is C16H21N3O2. The van der Waals surface area contributed by atoms with Gasteiger partial charge >= 0.3 is 6.03 Å². The molecule has 2 N–H and O–H groups in total. The smallest absolute Gasteiger partial charge is 0.321 e. The Balaban J connectivity index is 1.87. The highest BCUT2D eigenvalue weighted by atomic mass is 16.2. The molecule has 0 saturated heterocycles. The summed E-state index contributed by atoms with van der Waals surface area (Å²) >= 11 is 0. The van der Waals surface area contributed by atoms with Crippen LogP contribution in [0.4, 0.5) is 4.79 Å². The molecule has 0 saturated carbocycles. The average molecular weight is 287 g/mol. The second-order valence-electron chi connectivity index (χ2n) is 5.22. The van der Waals surface area contributed by atoms with Crippen LogP contribution in [0.15, 0.2) is 36.9 Å². The third-order valence-electron chi connectivity index (χ3n) is 3.69. The second kappa shape index (κ2) is 7.04. The third-order valence-corrected chi connectivity index (χ3v) is 3.69. The second-order valence-corrected chi connectivity index (χ2v) is 5.22. The van der Waals surface area contributed by atoms with E-state index in [2.05, 4.69) is 29.3 Å². The molecule has 0 bridgehead atoms. The molecule has 0 spiro atoms. The van der Waals surface area contributed by atoms with Crippen LogP contribution in [0.2, 0.25) is 0 Å². The summed E-state index contributed by atoms with van der Waals surface area (Å²) in [6, 6.07) is 8.05. The number of carbonyl (C=O) groups excluding carboxylic acids is 2. The fourth-order valence-electron chi connectivity index (χ4n) is 2.70. The van der Waals surface area contributed by atoms with Gasteiger partial charge in [-0.15, -0.1) is 6.58 Å². The van der Waals surface area contributed by atoms with Crippen molar-refractivity contribution < 1.29 is 9.59 Å². The molecule has 5 nitrogen and oxygen atoms in total. The lowest BCUT2D eigenvalue weighted by Crippen LogP contribution is -2.44. The van der Waals surface area contributed by atoms with E-state index in [1.54, 1.807) is 6.08 Å². The third kappa shape index (κ3) is 3.92. The average Bonchev–Trinajstić information content (AvgIpc) is 2.88. The van der Waals surface area contributed by atoms with Crippen LogP contribution in [-0.2, 0) is 11.2 Å². The largest absolute Gasteiger partial charge is 0.334 e. The van der Waals surface area contributed by atoms with Gasteiger partial charge in [0.05, 0.1) is 6.54 Å². The summed E-state index contributed by atoms with van der Waals surface area (Å²) in [5, 5.41) is 4.83. The molecule has 3 amide bonds. The molecule has 0 aromatic heterocycles. The van der Waals surface area contributed by atoms with Crippen LogP contribution < -0.4 is 10.6 Å². The first kappa shape index (κ1) is 15.3. The molecule has 0 heterocycles. The lowest BCUT2D eigenvalue weighted by atomic mass is 10.1. The first-order valence-electron chi connectivity index (χ1n) is 7.08. The van der Waals surface area contributed by atoms with Crippen LogP contribution in [0.1, 0.15) is 23.6 Å². The summed E-state index contributed by atoms with van der Waals surface area (Å²) in [6.45, 7) is 4.03. The van der Waals surface area contributed by atoms with Crippen molar-refractivity contribution in [2.45, 2.75) is 18.9 Å². The summed E-state index contributed by atoms with van der Waals surface area (Å²) in [5.41, 5.74) is 2.63. The molecule has 2 rings (SSSR count). The van der Waals surface area contributed by atoms with Crippen molar-refractivity contribution in [1.29, 1.82) is 0 Å². The Hall–Kier alpha value is -2.14. The van der Waals surface area contributed by atoms with E-state index in [4.69, 9.17) is 0 Å². The van der Waals surface area contributed by atoms with Gasteiger partial charge < -0.3 is 5.32 Å². The highest BCUT2D eigenvalue weighted by Crippen LogP contribution is 2.34. The molecule has 1 atom stereocenters. The minimum atomic E-state index is -0.486. The summed E-state index contributed by atoms with van der Waals surface area (Å²) in [5.74, 6) is -0.302. The number of nitrogens with zero attached hydrogens (tertiary/aromatic N) is 1. The number of amides is 3. The molecule has 0 aliphatic heterocycles. The maximum atomic E-state index is 11.9. The number of urea groups is 1. The van der Waals surface area contributed by atoms with E-state index in [9.17, 15) is 9.59 Å². The van der Waals surface area contributed by atoms with Gasteiger partial charge in [-0.2, -0.15) is 0 Å². The number of carbonyl (C=O) groups is 2. The summed E-state index contributed by atoms with van der Waals surface area (Å²) < 4.78 is 0. The minimum absolute atomic E-state index is 0.195. The van der Waals surface area contributed by atoms with E-state index in [0.717, 1.165) is 12.8 Å². The maximum absolute atomic E-state index is 11.9. The van der Waals surface area contributed by atoms with Gasteiger partial charge in [-0.3, -0.25) is 15.0 Å². The Kier molecular flexibility index (Phi) is 5.11. The molecule has 1 aromatic carbocycles. The Morgan fingerprint density at radius 1 is 1.43 bits per heavy atom. The summed E-state index contributed by atoms with van der Waals surface area (Å²) in [6.07, 6.45) is 3.60. The Morgan fingerprint density at radius 2 is 2.19 bits per heavy atom. The molecule has 1 aliphatic rings. The van der Waals surface area contributed by atoms with Gasteiger partial charge in [0.25, 0.3) is 0 Å². The van der Waals surface area contributed by atoms with E-state index in [1.807, 2.05) is 24.1 Å². The predicted molar refractivity (Wildman–Crippen MR) is 81.9 cm³/mol. The maximum Gasteiger partial charge on any atom is 0.321 e. The SMILES string of the molecule is C=CCNC(=O)NC(=O)CN(C)C1CCc2ccccc21. The number of likely N-dealkylation sites (N-methyl/N-ethyl adjacent to an activating group) is 1. The highest BCUT2D eigenvalue weighted by molar-refractivity contribution is 5.95. The summed E-state index contributed by atoms with van der Waals surface area (Å²) in [7, 11) is 1.91. The van der Waals surface area contributed by atoms with Crippen molar-refractivity contribution >= 4 is 11.9 Å². The topological polar surface area (TPSA) is 61.4 Å².